The third-order valence-electron chi connectivity index (χ3n) is 6.25. The van der Waals surface area contributed by atoms with E-state index in [1.54, 1.807) is 36.4 Å². The van der Waals surface area contributed by atoms with E-state index in [-0.39, 0.29) is 35.8 Å². The number of phenolic OH excluding ortho intramolecular Hbond substituents is 2. The number of rotatable bonds is 5. The first-order valence-corrected chi connectivity index (χ1v) is 11.9. The van der Waals surface area contributed by atoms with Crippen molar-refractivity contribution in [3.8, 4) is 28.7 Å². The van der Waals surface area contributed by atoms with Gasteiger partial charge in [-0.2, -0.15) is 0 Å². The summed E-state index contributed by atoms with van der Waals surface area (Å²) in [5.74, 6) is 1.53. The molecule has 0 spiro atoms. The standard InChI is InChI=1S/C22H20O4.C7H8O2.CH2O2/c1-25-21-13-15(9-12-19(21)23)16-10-11-18(16)22(24)26-20-8-4-6-14-5-2-3-7-17(14)20;1-9-7-5-3-2-4-6(7)8;2-1-3/h2-9,12-13,16,18,23H,10-11H2,1H3;2-5,8H,1H3;1H,(H,2,3). The Labute approximate surface area is 220 Å². The van der Waals surface area contributed by atoms with Gasteiger partial charge in [-0.3, -0.25) is 9.59 Å². The lowest BCUT2D eigenvalue weighted by molar-refractivity contribution is -0.142. The van der Waals surface area contributed by atoms with Crippen LogP contribution in [0.15, 0.2) is 84.9 Å². The van der Waals surface area contributed by atoms with Gasteiger partial charge in [0, 0.05) is 5.39 Å². The quantitative estimate of drug-likeness (QED) is 0.173. The minimum absolute atomic E-state index is 0.0898. The van der Waals surface area contributed by atoms with E-state index in [2.05, 4.69) is 0 Å². The van der Waals surface area contributed by atoms with Crippen molar-refractivity contribution in [3.05, 3.63) is 90.5 Å². The predicted molar refractivity (Wildman–Crippen MR) is 143 cm³/mol. The smallest absolute Gasteiger partial charge is 0.314 e. The molecule has 198 valence electrons. The molecule has 0 aliphatic heterocycles. The van der Waals surface area contributed by atoms with Crippen LogP contribution in [0.2, 0.25) is 0 Å². The number of fused-ring (bicyclic) bond motifs is 1. The minimum atomic E-state index is -0.250. The number of hydrogen-bond acceptors (Lipinski definition) is 7. The van der Waals surface area contributed by atoms with Gasteiger partial charge in [0.15, 0.2) is 23.0 Å². The zero-order valence-electron chi connectivity index (χ0n) is 21.1. The molecular weight excluding hydrogens is 488 g/mol. The van der Waals surface area contributed by atoms with Crippen LogP contribution in [0.25, 0.3) is 10.8 Å². The fourth-order valence-electron chi connectivity index (χ4n) is 4.20. The zero-order chi connectivity index (χ0) is 27.5. The van der Waals surface area contributed by atoms with Crippen molar-refractivity contribution in [3.63, 3.8) is 0 Å². The number of carboxylic acid groups (broad SMARTS) is 1. The van der Waals surface area contributed by atoms with Gasteiger partial charge in [-0.05, 0) is 60.0 Å². The molecule has 1 aliphatic rings. The van der Waals surface area contributed by atoms with Crippen LogP contribution in [0, 0.1) is 5.92 Å². The van der Waals surface area contributed by atoms with Crippen molar-refractivity contribution in [2.75, 3.05) is 14.2 Å². The number of benzene rings is 4. The van der Waals surface area contributed by atoms with Gasteiger partial charge in [-0.15, -0.1) is 0 Å². The van der Waals surface area contributed by atoms with E-state index in [1.807, 2.05) is 48.5 Å². The fourth-order valence-corrected chi connectivity index (χ4v) is 4.20. The number of aromatic hydroxyl groups is 2. The Balaban J connectivity index is 0.000000278. The van der Waals surface area contributed by atoms with Crippen LogP contribution in [-0.4, -0.2) is 42.0 Å². The van der Waals surface area contributed by atoms with Gasteiger partial charge in [0.05, 0.1) is 20.1 Å². The van der Waals surface area contributed by atoms with Gasteiger partial charge >= 0.3 is 5.97 Å². The van der Waals surface area contributed by atoms with E-state index in [4.69, 9.17) is 29.2 Å². The third kappa shape index (κ3) is 6.73. The van der Waals surface area contributed by atoms with E-state index in [0.29, 0.717) is 17.2 Å². The number of methoxy groups -OCH3 is 2. The first-order valence-electron chi connectivity index (χ1n) is 11.9. The van der Waals surface area contributed by atoms with Crippen molar-refractivity contribution in [2.24, 2.45) is 5.92 Å². The molecule has 5 rings (SSSR count). The molecular formula is C30H30O8. The van der Waals surface area contributed by atoms with Crippen LogP contribution in [0.1, 0.15) is 24.3 Å². The second-order valence-electron chi connectivity index (χ2n) is 8.40. The summed E-state index contributed by atoms with van der Waals surface area (Å²) in [5, 5.41) is 27.6. The molecule has 1 aliphatic carbocycles. The minimum Gasteiger partial charge on any atom is -0.504 e. The third-order valence-corrected chi connectivity index (χ3v) is 6.25. The molecule has 4 aromatic rings. The van der Waals surface area contributed by atoms with Gasteiger partial charge in [-0.1, -0.05) is 54.6 Å². The molecule has 0 saturated heterocycles. The van der Waals surface area contributed by atoms with Gasteiger partial charge in [0.2, 0.25) is 0 Å². The molecule has 1 fully saturated rings. The Kier molecular flexibility index (Phi) is 9.93. The molecule has 0 heterocycles. The molecule has 3 N–H and O–H groups in total. The summed E-state index contributed by atoms with van der Waals surface area (Å²) < 4.78 is 15.7. The molecule has 4 aromatic carbocycles. The normalized spacial score (nSPS) is 15.4. The maximum atomic E-state index is 12.7. The highest BCUT2D eigenvalue weighted by atomic mass is 16.5. The van der Waals surface area contributed by atoms with Crippen LogP contribution in [-0.2, 0) is 9.59 Å². The number of phenols is 2. The monoisotopic (exact) mass is 518 g/mol. The molecule has 8 nitrogen and oxygen atoms in total. The molecule has 0 aromatic heterocycles. The number of ether oxygens (including phenoxy) is 3. The second-order valence-corrected chi connectivity index (χ2v) is 8.40. The molecule has 38 heavy (non-hydrogen) atoms. The zero-order valence-corrected chi connectivity index (χ0v) is 21.1. The first-order chi connectivity index (χ1) is 18.4. The molecule has 2 unspecified atom stereocenters. The molecule has 8 heteroatoms. The highest BCUT2D eigenvalue weighted by Crippen LogP contribution is 2.45. The topological polar surface area (TPSA) is 123 Å². The molecule has 1 saturated carbocycles. The van der Waals surface area contributed by atoms with Crippen molar-refractivity contribution < 1.29 is 39.1 Å². The van der Waals surface area contributed by atoms with Crippen LogP contribution in [0.4, 0.5) is 0 Å². The summed E-state index contributed by atoms with van der Waals surface area (Å²) in [6, 6.07) is 25.7. The summed E-state index contributed by atoms with van der Waals surface area (Å²) >= 11 is 0. The Bertz CT molecular complexity index is 1360. The van der Waals surface area contributed by atoms with Gasteiger partial charge in [0.25, 0.3) is 6.47 Å². The summed E-state index contributed by atoms with van der Waals surface area (Å²) in [4.78, 5) is 21.1. The van der Waals surface area contributed by atoms with E-state index in [0.717, 1.165) is 29.2 Å². The Hall–Kier alpha value is -4.72. The van der Waals surface area contributed by atoms with Crippen molar-refractivity contribution in [2.45, 2.75) is 18.8 Å². The van der Waals surface area contributed by atoms with Crippen LogP contribution in [0.3, 0.4) is 0 Å². The molecule has 2 atom stereocenters. The summed E-state index contributed by atoms with van der Waals surface area (Å²) in [7, 11) is 3.04. The number of esters is 1. The number of hydrogen-bond donors (Lipinski definition) is 3. The maximum absolute atomic E-state index is 12.7. The number of carbonyl (C=O) groups excluding carboxylic acids is 1. The van der Waals surface area contributed by atoms with Gasteiger partial charge < -0.3 is 29.5 Å². The van der Waals surface area contributed by atoms with E-state index >= 15 is 0 Å². The average molecular weight is 519 g/mol. The number of carbonyl (C=O) groups is 2. The lowest BCUT2D eigenvalue weighted by Gasteiger charge is -2.35. The lowest BCUT2D eigenvalue weighted by Crippen LogP contribution is -2.34. The van der Waals surface area contributed by atoms with Crippen LogP contribution < -0.4 is 14.2 Å². The largest absolute Gasteiger partial charge is 0.504 e. The highest BCUT2D eigenvalue weighted by Gasteiger charge is 2.39. The average Bonchev–Trinajstić information content (AvgIpc) is 2.90. The van der Waals surface area contributed by atoms with E-state index < -0.39 is 0 Å². The Morgan fingerprint density at radius 1 is 0.789 bits per heavy atom. The highest BCUT2D eigenvalue weighted by molar-refractivity contribution is 5.91. The van der Waals surface area contributed by atoms with Crippen molar-refractivity contribution in [1.29, 1.82) is 0 Å². The molecule has 0 bridgehead atoms. The van der Waals surface area contributed by atoms with Crippen molar-refractivity contribution in [1.82, 2.24) is 0 Å². The summed E-state index contributed by atoms with van der Waals surface area (Å²) in [5.41, 5.74) is 0.991. The van der Waals surface area contributed by atoms with Gasteiger partial charge in [0.1, 0.15) is 5.75 Å². The van der Waals surface area contributed by atoms with Crippen molar-refractivity contribution >= 4 is 23.2 Å². The summed E-state index contributed by atoms with van der Waals surface area (Å²) in [6.07, 6.45) is 1.72. The summed E-state index contributed by atoms with van der Waals surface area (Å²) in [6.45, 7) is -0.250. The maximum Gasteiger partial charge on any atom is 0.314 e. The fraction of sp³-hybridized carbons (Fsp3) is 0.200. The van der Waals surface area contributed by atoms with E-state index in [9.17, 15) is 9.90 Å². The molecule has 0 amide bonds. The second kappa shape index (κ2) is 13.5. The Morgan fingerprint density at radius 2 is 1.39 bits per heavy atom. The number of para-hydroxylation sites is 2. The first kappa shape index (κ1) is 27.9. The van der Waals surface area contributed by atoms with Crippen LogP contribution >= 0.6 is 0 Å². The SMILES string of the molecule is COc1cc(C2CCC2C(=O)Oc2cccc3ccccc23)ccc1O.COc1ccccc1O.O=CO. The Morgan fingerprint density at radius 3 is 2.03 bits per heavy atom. The van der Waals surface area contributed by atoms with E-state index in [1.165, 1.54) is 14.2 Å². The predicted octanol–water partition coefficient (Wildman–Crippen LogP) is 5.75. The van der Waals surface area contributed by atoms with Gasteiger partial charge in [-0.25, -0.2) is 0 Å². The van der Waals surface area contributed by atoms with Crippen LogP contribution in [0.5, 0.6) is 28.7 Å². The molecule has 0 radical (unpaired) electrons. The lowest BCUT2D eigenvalue weighted by atomic mass is 9.70.